The third-order valence-corrected chi connectivity index (χ3v) is 5.80. The summed E-state index contributed by atoms with van der Waals surface area (Å²) in [5, 5.41) is 2.92. The van der Waals surface area contributed by atoms with Gasteiger partial charge in [0.25, 0.3) is 0 Å². The molecule has 2 fully saturated rings. The Morgan fingerprint density at radius 3 is 2.75 bits per heavy atom. The van der Waals surface area contributed by atoms with Gasteiger partial charge in [-0.15, -0.1) is 0 Å². The van der Waals surface area contributed by atoms with Crippen molar-refractivity contribution in [3.05, 3.63) is 0 Å². The monoisotopic (exact) mass is 246 g/mol. The van der Waals surface area contributed by atoms with Gasteiger partial charge in [-0.25, -0.2) is 8.42 Å². The molecule has 2 atom stereocenters. The van der Waals surface area contributed by atoms with Crippen LogP contribution in [0.3, 0.4) is 0 Å². The SMILES string of the molecule is CNCCS(=O)(=O)N1CCCC2CCCC21. The van der Waals surface area contributed by atoms with Crippen LogP contribution in [0.15, 0.2) is 0 Å². The third-order valence-electron chi connectivity index (χ3n) is 3.91. The van der Waals surface area contributed by atoms with E-state index in [1.54, 1.807) is 11.4 Å². The fourth-order valence-electron chi connectivity index (χ4n) is 3.10. The first-order valence-electron chi connectivity index (χ1n) is 6.29. The topological polar surface area (TPSA) is 49.4 Å². The molecular weight excluding hydrogens is 224 g/mol. The summed E-state index contributed by atoms with van der Waals surface area (Å²) in [6, 6.07) is 0.315. The molecule has 2 rings (SSSR count). The number of hydrogen-bond acceptors (Lipinski definition) is 3. The van der Waals surface area contributed by atoms with E-state index < -0.39 is 10.0 Å². The van der Waals surface area contributed by atoms with E-state index in [4.69, 9.17) is 0 Å². The predicted octanol–water partition coefficient (Wildman–Crippen LogP) is 0.800. The molecule has 0 radical (unpaired) electrons. The first-order chi connectivity index (χ1) is 7.65. The molecule has 2 aliphatic rings. The molecule has 16 heavy (non-hydrogen) atoms. The molecule has 0 aromatic rings. The number of sulfonamides is 1. The Hall–Kier alpha value is -0.130. The highest BCUT2D eigenvalue weighted by Gasteiger charge is 2.40. The second-order valence-electron chi connectivity index (χ2n) is 4.93. The van der Waals surface area contributed by atoms with Gasteiger partial charge in [-0.1, -0.05) is 6.42 Å². The van der Waals surface area contributed by atoms with Crippen LogP contribution in [-0.4, -0.2) is 44.7 Å². The molecule has 4 nitrogen and oxygen atoms in total. The lowest BCUT2D eigenvalue weighted by Gasteiger charge is -2.36. The van der Waals surface area contributed by atoms with Gasteiger partial charge in [0.15, 0.2) is 0 Å². The lowest BCUT2D eigenvalue weighted by atomic mass is 9.94. The van der Waals surface area contributed by atoms with Crippen LogP contribution >= 0.6 is 0 Å². The van der Waals surface area contributed by atoms with Gasteiger partial charge in [-0.3, -0.25) is 0 Å². The molecule has 0 bridgehead atoms. The highest BCUT2D eigenvalue weighted by molar-refractivity contribution is 7.89. The fourth-order valence-corrected chi connectivity index (χ4v) is 4.90. The molecular formula is C11H22N2O2S. The van der Waals surface area contributed by atoms with Gasteiger partial charge in [0.1, 0.15) is 0 Å². The zero-order chi connectivity index (χ0) is 11.6. The minimum absolute atomic E-state index is 0.243. The summed E-state index contributed by atoms with van der Waals surface area (Å²) in [5.41, 5.74) is 0. The number of hydrogen-bond donors (Lipinski definition) is 1. The molecule has 5 heteroatoms. The number of piperidine rings is 1. The average molecular weight is 246 g/mol. The summed E-state index contributed by atoms with van der Waals surface area (Å²) < 4.78 is 26.1. The van der Waals surface area contributed by atoms with Gasteiger partial charge in [0.2, 0.25) is 10.0 Å². The van der Waals surface area contributed by atoms with E-state index in [-0.39, 0.29) is 5.75 Å². The third kappa shape index (κ3) is 2.41. The summed E-state index contributed by atoms with van der Waals surface area (Å²) in [7, 11) is -1.23. The fraction of sp³-hybridized carbons (Fsp3) is 1.00. The molecule has 1 N–H and O–H groups in total. The van der Waals surface area contributed by atoms with Crippen LogP contribution in [0.5, 0.6) is 0 Å². The van der Waals surface area contributed by atoms with Crippen molar-refractivity contribution in [1.29, 1.82) is 0 Å². The van der Waals surface area contributed by atoms with Crippen molar-refractivity contribution in [2.24, 2.45) is 5.92 Å². The van der Waals surface area contributed by atoms with Crippen molar-refractivity contribution in [3.8, 4) is 0 Å². The standard InChI is InChI=1S/C11H22N2O2S/c1-12-7-9-16(14,15)13-8-3-5-10-4-2-6-11(10)13/h10-12H,2-9H2,1H3. The van der Waals surface area contributed by atoms with E-state index in [0.29, 0.717) is 18.5 Å². The van der Waals surface area contributed by atoms with Crippen LogP contribution in [0.25, 0.3) is 0 Å². The number of nitrogens with one attached hydrogen (secondary N) is 1. The molecule has 1 saturated carbocycles. The molecule has 1 aliphatic carbocycles. The highest BCUT2D eigenvalue weighted by Crippen LogP contribution is 2.37. The summed E-state index contributed by atoms with van der Waals surface area (Å²) >= 11 is 0. The summed E-state index contributed by atoms with van der Waals surface area (Å²) in [6.45, 7) is 1.30. The van der Waals surface area contributed by atoms with Crippen LogP contribution in [0.1, 0.15) is 32.1 Å². The van der Waals surface area contributed by atoms with Crippen molar-refractivity contribution in [3.63, 3.8) is 0 Å². The number of fused-ring (bicyclic) bond motifs is 1. The van der Waals surface area contributed by atoms with Crippen LogP contribution in [0.2, 0.25) is 0 Å². The predicted molar refractivity (Wildman–Crippen MR) is 64.8 cm³/mol. The second kappa shape index (κ2) is 5.02. The van der Waals surface area contributed by atoms with Crippen molar-refractivity contribution < 1.29 is 8.42 Å². The van der Waals surface area contributed by atoms with Crippen molar-refractivity contribution in [1.82, 2.24) is 9.62 Å². The lowest BCUT2D eigenvalue weighted by molar-refractivity contribution is 0.202. The summed E-state index contributed by atoms with van der Waals surface area (Å²) in [4.78, 5) is 0. The second-order valence-corrected chi connectivity index (χ2v) is 6.97. The van der Waals surface area contributed by atoms with Crippen molar-refractivity contribution >= 4 is 10.0 Å². The summed E-state index contributed by atoms with van der Waals surface area (Å²) in [6.07, 6.45) is 5.77. The average Bonchev–Trinajstić information content (AvgIpc) is 2.73. The lowest BCUT2D eigenvalue weighted by Crippen LogP contribution is -2.47. The van der Waals surface area contributed by atoms with Crippen LogP contribution < -0.4 is 5.32 Å². The molecule has 0 aromatic heterocycles. The minimum Gasteiger partial charge on any atom is -0.319 e. The molecule has 1 heterocycles. The quantitative estimate of drug-likeness (QED) is 0.798. The Kier molecular flexibility index (Phi) is 3.87. The Bertz CT molecular complexity index is 329. The first kappa shape index (κ1) is 12.3. The van der Waals surface area contributed by atoms with Gasteiger partial charge in [-0.2, -0.15) is 4.31 Å². The normalized spacial score (nSPS) is 31.6. The maximum atomic E-state index is 12.2. The Balaban J connectivity index is 2.07. The van der Waals surface area contributed by atoms with Crippen LogP contribution in [0, 0.1) is 5.92 Å². The maximum absolute atomic E-state index is 12.2. The van der Waals surface area contributed by atoms with Crippen LogP contribution in [0.4, 0.5) is 0 Å². The Morgan fingerprint density at radius 2 is 2.00 bits per heavy atom. The van der Waals surface area contributed by atoms with Gasteiger partial charge >= 0.3 is 0 Å². The molecule has 94 valence electrons. The van der Waals surface area contributed by atoms with E-state index in [2.05, 4.69) is 5.32 Å². The van der Waals surface area contributed by atoms with Gasteiger partial charge in [-0.05, 0) is 38.6 Å². The van der Waals surface area contributed by atoms with E-state index in [1.807, 2.05) is 0 Å². The molecule has 0 aromatic carbocycles. The summed E-state index contributed by atoms with van der Waals surface area (Å²) in [5.74, 6) is 0.880. The zero-order valence-electron chi connectivity index (χ0n) is 9.98. The Labute approximate surface area is 98.4 Å². The number of nitrogens with zero attached hydrogens (tertiary/aromatic N) is 1. The zero-order valence-corrected chi connectivity index (χ0v) is 10.8. The first-order valence-corrected chi connectivity index (χ1v) is 7.90. The van der Waals surface area contributed by atoms with E-state index >= 15 is 0 Å². The smallest absolute Gasteiger partial charge is 0.215 e. The van der Waals surface area contributed by atoms with Gasteiger partial charge in [0, 0.05) is 19.1 Å². The van der Waals surface area contributed by atoms with Crippen molar-refractivity contribution in [2.45, 2.75) is 38.1 Å². The molecule has 1 aliphatic heterocycles. The van der Waals surface area contributed by atoms with E-state index in [9.17, 15) is 8.42 Å². The Morgan fingerprint density at radius 1 is 1.25 bits per heavy atom. The molecule has 0 amide bonds. The van der Waals surface area contributed by atoms with Gasteiger partial charge in [0.05, 0.1) is 5.75 Å². The van der Waals surface area contributed by atoms with E-state index in [1.165, 1.54) is 19.3 Å². The van der Waals surface area contributed by atoms with Crippen LogP contribution in [-0.2, 0) is 10.0 Å². The van der Waals surface area contributed by atoms with Gasteiger partial charge < -0.3 is 5.32 Å². The van der Waals surface area contributed by atoms with E-state index in [0.717, 1.165) is 19.4 Å². The minimum atomic E-state index is -3.03. The number of rotatable bonds is 4. The largest absolute Gasteiger partial charge is 0.319 e. The maximum Gasteiger partial charge on any atom is 0.215 e. The molecule has 2 unspecified atom stereocenters. The van der Waals surface area contributed by atoms with Crippen molar-refractivity contribution in [2.75, 3.05) is 25.9 Å². The molecule has 0 spiro atoms. The highest BCUT2D eigenvalue weighted by atomic mass is 32.2. The molecule has 1 saturated heterocycles.